The summed E-state index contributed by atoms with van der Waals surface area (Å²) in [6.45, 7) is 1.57. The fourth-order valence-corrected chi connectivity index (χ4v) is 2.62. The van der Waals surface area contributed by atoms with Crippen LogP contribution in [-0.4, -0.2) is 44.1 Å². The van der Waals surface area contributed by atoms with E-state index < -0.39 is 10.2 Å². The standard InChI is InChI=1S/C7H16N2O3S/c10-7-3-4-8-13(11,12)9-5-1-2-6-9/h8,10H,1-7H2. The van der Waals surface area contributed by atoms with Crippen molar-refractivity contribution in [1.29, 1.82) is 0 Å². The molecular weight excluding hydrogens is 192 g/mol. The van der Waals surface area contributed by atoms with Gasteiger partial charge in [-0.25, -0.2) is 4.72 Å². The summed E-state index contributed by atoms with van der Waals surface area (Å²) in [6.07, 6.45) is 2.36. The molecule has 1 heterocycles. The third kappa shape index (κ3) is 3.22. The lowest BCUT2D eigenvalue weighted by atomic mass is 10.4. The number of aliphatic hydroxyl groups is 1. The zero-order valence-electron chi connectivity index (χ0n) is 7.57. The Bertz CT molecular complexity index is 234. The number of nitrogens with zero attached hydrogens (tertiary/aromatic N) is 1. The van der Waals surface area contributed by atoms with Crippen LogP contribution < -0.4 is 4.72 Å². The van der Waals surface area contributed by atoms with Gasteiger partial charge in [0, 0.05) is 26.2 Å². The Kier molecular flexibility index (Phi) is 4.11. The molecule has 0 radical (unpaired) electrons. The number of rotatable bonds is 5. The zero-order chi connectivity index (χ0) is 9.73. The molecule has 13 heavy (non-hydrogen) atoms. The van der Waals surface area contributed by atoms with Crippen molar-refractivity contribution in [2.75, 3.05) is 26.2 Å². The van der Waals surface area contributed by atoms with Gasteiger partial charge in [-0.3, -0.25) is 0 Å². The predicted molar refractivity (Wildman–Crippen MR) is 49.4 cm³/mol. The minimum absolute atomic E-state index is 0.0164. The van der Waals surface area contributed by atoms with Gasteiger partial charge in [-0.1, -0.05) is 0 Å². The quantitative estimate of drug-likeness (QED) is 0.587. The summed E-state index contributed by atoms with van der Waals surface area (Å²) >= 11 is 0. The second-order valence-corrected chi connectivity index (χ2v) is 4.84. The molecule has 0 saturated carbocycles. The summed E-state index contributed by atoms with van der Waals surface area (Å²) in [5.41, 5.74) is 0. The average Bonchev–Trinajstić information content (AvgIpc) is 2.56. The predicted octanol–water partition coefficient (Wildman–Crippen LogP) is -0.701. The van der Waals surface area contributed by atoms with E-state index in [0.29, 0.717) is 26.1 Å². The molecule has 0 bridgehead atoms. The van der Waals surface area contributed by atoms with Crippen molar-refractivity contribution in [2.45, 2.75) is 19.3 Å². The Morgan fingerprint density at radius 3 is 2.46 bits per heavy atom. The molecule has 5 nitrogen and oxygen atoms in total. The van der Waals surface area contributed by atoms with Gasteiger partial charge in [0.15, 0.2) is 0 Å². The first kappa shape index (κ1) is 10.9. The van der Waals surface area contributed by atoms with Crippen molar-refractivity contribution in [3.63, 3.8) is 0 Å². The molecule has 0 atom stereocenters. The van der Waals surface area contributed by atoms with Crippen molar-refractivity contribution >= 4 is 10.2 Å². The first-order valence-electron chi connectivity index (χ1n) is 4.52. The molecule has 0 aromatic rings. The molecule has 2 N–H and O–H groups in total. The number of aliphatic hydroxyl groups excluding tert-OH is 1. The van der Waals surface area contributed by atoms with Crippen LogP contribution in [0.25, 0.3) is 0 Å². The van der Waals surface area contributed by atoms with E-state index in [1.807, 2.05) is 0 Å². The molecule has 0 unspecified atom stereocenters. The largest absolute Gasteiger partial charge is 0.396 e. The summed E-state index contributed by atoms with van der Waals surface area (Å²) in [5.74, 6) is 0. The van der Waals surface area contributed by atoms with Gasteiger partial charge in [-0.2, -0.15) is 12.7 Å². The SMILES string of the molecule is O=S(=O)(NCCCO)N1CCCC1. The fraction of sp³-hybridized carbons (Fsp3) is 1.00. The lowest BCUT2D eigenvalue weighted by Crippen LogP contribution is -2.39. The Labute approximate surface area is 78.9 Å². The third-order valence-corrected chi connectivity index (χ3v) is 3.64. The lowest BCUT2D eigenvalue weighted by Gasteiger charge is -2.15. The van der Waals surface area contributed by atoms with Crippen molar-refractivity contribution in [2.24, 2.45) is 0 Å². The number of hydrogen-bond donors (Lipinski definition) is 2. The Morgan fingerprint density at radius 1 is 1.31 bits per heavy atom. The van der Waals surface area contributed by atoms with Gasteiger partial charge in [0.1, 0.15) is 0 Å². The van der Waals surface area contributed by atoms with Crippen LogP contribution in [0.3, 0.4) is 0 Å². The molecule has 78 valence electrons. The van der Waals surface area contributed by atoms with E-state index in [4.69, 9.17) is 5.11 Å². The van der Waals surface area contributed by atoms with Crippen LogP contribution >= 0.6 is 0 Å². The normalized spacial score (nSPS) is 19.5. The molecule has 1 saturated heterocycles. The van der Waals surface area contributed by atoms with Gasteiger partial charge in [0.2, 0.25) is 0 Å². The van der Waals surface area contributed by atoms with Crippen molar-refractivity contribution in [1.82, 2.24) is 9.03 Å². The topological polar surface area (TPSA) is 69.6 Å². The average molecular weight is 208 g/mol. The maximum absolute atomic E-state index is 11.4. The highest BCUT2D eigenvalue weighted by atomic mass is 32.2. The van der Waals surface area contributed by atoms with Crippen LogP contribution in [0, 0.1) is 0 Å². The van der Waals surface area contributed by atoms with E-state index in [2.05, 4.69) is 4.72 Å². The number of nitrogens with one attached hydrogen (secondary N) is 1. The minimum Gasteiger partial charge on any atom is -0.396 e. The molecule has 0 amide bonds. The Balaban J connectivity index is 2.36. The van der Waals surface area contributed by atoms with E-state index in [-0.39, 0.29) is 6.61 Å². The van der Waals surface area contributed by atoms with E-state index in [1.54, 1.807) is 0 Å². The van der Waals surface area contributed by atoms with Crippen LogP contribution in [0.1, 0.15) is 19.3 Å². The Morgan fingerprint density at radius 2 is 1.92 bits per heavy atom. The maximum Gasteiger partial charge on any atom is 0.279 e. The van der Waals surface area contributed by atoms with Gasteiger partial charge in [-0.15, -0.1) is 0 Å². The van der Waals surface area contributed by atoms with E-state index in [1.165, 1.54) is 4.31 Å². The summed E-state index contributed by atoms with van der Waals surface area (Å²) in [5, 5.41) is 8.48. The van der Waals surface area contributed by atoms with Crippen molar-refractivity contribution in [3.05, 3.63) is 0 Å². The van der Waals surface area contributed by atoms with Crippen LogP contribution in [0.4, 0.5) is 0 Å². The van der Waals surface area contributed by atoms with E-state index in [9.17, 15) is 8.42 Å². The molecule has 6 heteroatoms. The smallest absolute Gasteiger partial charge is 0.279 e. The van der Waals surface area contributed by atoms with Crippen LogP contribution in [0.15, 0.2) is 0 Å². The van der Waals surface area contributed by atoms with Gasteiger partial charge >= 0.3 is 0 Å². The fourth-order valence-electron chi connectivity index (χ4n) is 1.30. The molecule has 0 aromatic carbocycles. The highest BCUT2D eigenvalue weighted by Crippen LogP contribution is 2.10. The first-order valence-corrected chi connectivity index (χ1v) is 5.96. The van der Waals surface area contributed by atoms with Crippen LogP contribution in [0.2, 0.25) is 0 Å². The molecule has 0 aromatic heterocycles. The second-order valence-electron chi connectivity index (χ2n) is 3.08. The lowest BCUT2D eigenvalue weighted by molar-refractivity contribution is 0.289. The van der Waals surface area contributed by atoms with Crippen LogP contribution in [0.5, 0.6) is 0 Å². The molecule has 1 aliphatic rings. The monoisotopic (exact) mass is 208 g/mol. The molecular formula is C7H16N2O3S. The van der Waals surface area contributed by atoms with E-state index in [0.717, 1.165) is 12.8 Å². The second kappa shape index (κ2) is 4.90. The molecule has 0 aliphatic carbocycles. The summed E-state index contributed by atoms with van der Waals surface area (Å²) in [6, 6.07) is 0. The molecule has 1 aliphatic heterocycles. The summed E-state index contributed by atoms with van der Waals surface area (Å²) in [4.78, 5) is 0. The van der Waals surface area contributed by atoms with Gasteiger partial charge in [0.05, 0.1) is 0 Å². The Hall–Kier alpha value is -0.170. The first-order chi connectivity index (χ1) is 6.17. The molecule has 0 spiro atoms. The third-order valence-electron chi connectivity index (χ3n) is 2.02. The van der Waals surface area contributed by atoms with Crippen molar-refractivity contribution < 1.29 is 13.5 Å². The zero-order valence-corrected chi connectivity index (χ0v) is 8.39. The number of hydrogen-bond acceptors (Lipinski definition) is 3. The van der Waals surface area contributed by atoms with Gasteiger partial charge in [-0.05, 0) is 19.3 Å². The molecule has 1 rings (SSSR count). The van der Waals surface area contributed by atoms with Crippen LogP contribution in [-0.2, 0) is 10.2 Å². The highest BCUT2D eigenvalue weighted by Gasteiger charge is 2.23. The van der Waals surface area contributed by atoms with Crippen molar-refractivity contribution in [3.8, 4) is 0 Å². The summed E-state index contributed by atoms with van der Waals surface area (Å²) < 4.78 is 26.8. The maximum atomic E-state index is 11.4. The van der Waals surface area contributed by atoms with Gasteiger partial charge in [0.25, 0.3) is 10.2 Å². The summed E-state index contributed by atoms with van der Waals surface area (Å²) in [7, 11) is -3.26. The van der Waals surface area contributed by atoms with Gasteiger partial charge < -0.3 is 5.11 Å². The molecule has 1 fully saturated rings. The minimum atomic E-state index is -3.26. The van der Waals surface area contributed by atoms with E-state index >= 15 is 0 Å². The highest BCUT2D eigenvalue weighted by molar-refractivity contribution is 7.87.